The van der Waals surface area contributed by atoms with Crippen molar-refractivity contribution < 1.29 is 4.79 Å². The first-order chi connectivity index (χ1) is 6.29. The van der Waals surface area contributed by atoms with E-state index in [1.165, 1.54) is 0 Å². The minimum atomic E-state index is 0.755. The van der Waals surface area contributed by atoms with Crippen molar-refractivity contribution >= 4 is 34.8 Å². The van der Waals surface area contributed by atoms with Crippen LogP contribution in [0.4, 0.5) is 5.69 Å². The average molecular weight is 289 g/mol. The first kappa shape index (κ1) is 10.5. The van der Waals surface area contributed by atoms with Crippen molar-refractivity contribution in [3.05, 3.63) is 29.8 Å². The molecule has 0 heterocycles. The molecule has 0 unspecified atom stereocenters. The van der Waals surface area contributed by atoms with Crippen LogP contribution < -0.4 is 3.11 Å². The van der Waals surface area contributed by atoms with E-state index in [1.807, 2.05) is 24.3 Å². The summed E-state index contributed by atoms with van der Waals surface area (Å²) in [5.41, 5.74) is 1.75. The minimum absolute atomic E-state index is 0.755. The maximum Gasteiger partial charge on any atom is 0.152 e. The number of anilines is 1. The van der Waals surface area contributed by atoms with E-state index in [9.17, 15) is 4.79 Å². The molecule has 0 bridgehead atoms. The van der Waals surface area contributed by atoms with Crippen LogP contribution in [0, 0.1) is 0 Å². The summed E-state index contributed by atoms with van der Waals surface area (Å²) in [7, 11) is 0. The summed E-state index contributed by atoms with van der Waals surface area (Å²) in [4.78, 5) is 10.7. The zero-order valence-corrected chi connectivity index (χ0v) is 9.69. The molecule has 0 saturated carbocycles. The fourth-order valence-corrected chi connectivity index (χ4v) is 2.05. The average Bonchev–Trinajstić information content (AvgIpc) is 2.18. The summed E-state index contributed by atoms with van der Waals surface area (Å²) >= 11 is 2.23. The van der Waals surface area contributed by atoms with Gasteiger partial charge in [0.25, 0.3) is 0 Å². The first-order valence-corrected chi connectivity index (χ1v) is 5.23. The Hall–Kier alpha value is -0.580. The quantitative estimate of drug-likeness (QED) is 0.482. The lowest BCUT2D eigenvalue weighted by Gasteiger charge is -2.16. The molecule has 13 heavy (non-hydrogen) atoms. The summed E-state index contributed by atoms with van der Waals surface area (Å²) in [6.45, 7) is 3.08. The number of hydrogen-bond acceptors (Lipinski definition) is 2. The third-order valence-electron chi connectivity index (χ3n) is 1.75. The molecular weight excluding hydrogens is 277 g/mol. The highest BCUT2D eigenvalue weighted by atomic mass is 127. The lowest BCUT2D eigenvalue weighted by Crippen LogP contribution is -2.11. The minimum Gasteiger partial charge on any atom is -0.314 e. The van der Waals surface area contributed by atoms with E-state index in [0.717, 1.165) is 30.5 Å². The van der Waals surface area contributed by atoms with E-state index in [-0.39, 0.29) is 0 Å². The molecule has 0 aliphatic carbocycles. The Bertz CT molecular complexity index is 288. The molecule has 70 valence electrons. The SMILES string of the molecule is CCCN(I)c1ccccc1C=O. The van der Waals surface area contributed by atoms with Crippen molar-refractivity contribution in [1.82, 2.24) is 0 Å². The Morgan fingerprint density at radius 3 is 2.77 bits per heavy atom. The lowest BCUT2D eigenvalue weighted by atomic mass is 10.2. The van der Waals surface area contributed by atoms with Crippen LogP contribution in [-0.2, 0) is 0 Å². The maximum absolute atomic E-state index is 10.7. The third kappa shape index (κ3) is 2.69. The molecule has 0 aliphatic heterocycles. The molecule has 0 aromatic heterocycles. The smallest absolute Gasteiger partial charge is 0.152 e. The number of benzene rings is 1. The Morgan fingerprint density at radius 2 is 2.15 bits per heavy atom. The normalized spacial score (nSPS) is 9.69. The molecule has 1 aromatic carbocycles. The van der Waals surface area contributed by atoms with Gasteiger partial charge >= 0.3 is 0 Å². The van der Waals surface area contributed by atoms with Crippen molar-refractivity contribution in [3.63, 3.8) is 0 Å². The van der Waals surface area contributed by atoms with Gasteiger partial charge in [-0.05, 0) is 18.6 Å². The highest BCUT2D eigenvalue weighted by Gasteiger charge is 2.05. The molecule has 0 spiro atoms. The van der Waals surface area contributed by atoms with Gasteiger partial charge in [-0.1, -0.05) is 19.1 Å². The van der Waals surface area contributed by atoms with E-state index in [0.29, 0.717) is 0 Å². The van der Waals surface area contributed by atoms with Crippen LogP contribution in [0.2, 0.25) is 0 Å². The van der Waals surface area contributed by atoms with Crippen molar-refractivity contribution in [1.29, 1.82) is 0 Å². The highest BCUT2D eigenvalue weighted by Crippen LogP contribution is 2.22. The van der Waals surface area contributed by atoms with Gasteiger partial charge in [-0.2, -0.15) is 0 Å². The fourth-order valence-electron chi connectivity index (χ4n) is 1.12. The largest absolute Gasteiger partial charge is 0.314 e. The molecule has 3 heteroatoms. The number of para-hydroxylation sites is 1. The van der Waals surface area contributed by atoms with E-state index in [2.05, 4.69) is 32.9 Å². The number of halogens is 1. The van der Waals surface area contributed by atoms with Crippen LogP contribution in [0.25, 0.3) is 0 Å². The van der Waals surface area contributed by atoms with E-state index >= 15 is 0 Å². The Kier molecular flexibility index (Phi) is 4.21. The Morgan fingerprint density at radius 1 is 1.46 bits per heavy atom. The van der Waals surface area contributed by atoms with Crippen LogP contribution in [0.3, 0.4) is 0 Å². The zero-order chi connectivity index (χ0) is 9.68. The van der Waals surface area contributed by atoms with Crippen LogP contribution >= 0.6 is 22.9 Å². The fraction of sp³-hybridized carbons (Fsp3) is 0.300. The maximum atomic E-state index is 10.7. The second-order valence-electron chi connectivity index (χ2n) is 2.76. The Balaban J connectivity index is 2.91. The molecule has 0 saturated heterocycles. The summed E-state index contributed by atoms with van der Waals surface area (Å²) in [6.07, 6.45) is 1.98. The van der Waals surface area contributed by atoms with Crippen molar-refractivity contribution in [2.45, 2.75) is 13.3 Å². The summed E-state index contributed by atoms with van der Waals surface area (Å²) in [5.74, 6) is 0. The molecule has 0 atom stereocenters. The summed E-state index contributed by atoms with van der Waals surface area (Å²) < 4.78 is 2.07. The molecular formula is C10H12INO. The van der Waals surface area contributed by atoms with Crippen LogP contribution in [0.5, 0.6) is 0 Å². The van der Waals surface area contributed by atoms with E-state index in [4.69, 9.17) is 0 Å². The molecule has 0 amide bonds. The van der Waals surface area contributed by atoms with Gasteiger partial charge in [-0.3, -0.25) is 4.79 Å². The third-order valence-corrected chi connectivity index (χ3v) is 2.75. The number of carbonyl (C=O) groups excluding carboxylic acids is 1. The second kappa shape index (κ2) is 5.21. The second-order valence-corrected chi connectivity index (χ2v) is 3.93. The molecule has 0 aliphatic rings. The lowest BCUT2D eigenvalue weighted by molar-refractivity contribution is 0.112. The van der Waals surface area contributed by atoms with Gasteiger partial charge in [-0.15, -0.1) is 0 Å². The van der Waals surface area contributed by atoms with Crippen LogP contribution in [0.1, 0.15) is 23.7 Å². The number of carbonyl (C=O) groups is 1. The van der Waals surface area contributed by atoms with Gasteiger partial charge < -0.3 is 3.11 Å². The van der Waals surface area contributed by atoms with Crippen LogP contribution in [-0.4, -0.2) is 12.8 Å². The van der Waals surface area contributed by atoms with Gasteiger partial charge in [-0.25, -0.2) is 0 Å². The van der Waals surface area contributed by atoms with Gasteiger partial charge in [0.2, 0.25) is 0 Å². The number of nitrogens with zero attached hydrogens (tertiary/aromatic N) is 1. The molecule has 1 rings (SSSR count). The van der Waals surface area contributed by atoms with Crippen molar-refractivity contribution in [2.75, 3.05) is 9.66 Å². The summed E-state index contributed by atoms with van der Waals surface area (Å²) in [5, 5.41) is 0. The molecule has 2 nitrogen and oxygen atoms in total. The highest BCUT2D eigenvalue weighted by molar-refractivity contribution is 14.1. The molecule has 0 radical (unpaired) electrons. The van der Waals surface area contributed by atoms with Gasteiger partial charge in [0.05, 0.1) is 28.6 Å². The number of hydrogen-bond donors (Lipinski definition) is 0. The molecule has 1 aromatic rings. The predicted octanol–water partition coefficient (Wildman–Crippen LogP) is 3.07. The first-order valence-electron chi connectivity index (χ1n) is 4.27. The van der Waals surface area contributed by atoms with Crippen LogP contribution in [0.15, 0.2) is 24.3 Å². The van der Waals surface area contributed by atoms with Crippen molar-refractivity contribution in [2.24, 2.45) is 0 Å². The molecule has 0 N–H and O–H groups in total. The number of aldehydes is 1. The standard InChI is InChI=1S/C10H12INO/c1-2-7-12(11)10-6-4-3-5-9(10)8-13/h3-6,8H,2,7H2,1H3. The monoisotopic (exact) mass is 289 g/mol. The van der Waals surface area contributed by atoms with E-state index in [1.54, 1.807) is 0 Å². The Labute approximate surface area is 92.4 Å². The summed E-state index contributed by atoms with van der Waals surface area (Å²) in [6, 6.07) is 7.63. The molecule has 0 fully saturated rings. The van der Waals surface area contributed by atoms with E-state index < -0.39 is 0 Å². The predicted molar refractivity (Wildman–Crippen MR) is 63.5 cm³/mol. The van der Waals surface area contributed by atoms with Gasteiger partial charge in [0.1, 0.15) is 0 Å². The number of rotatable bonds is 4. The van der Waals surface area contributed by atoms with Gasteiger partial charge in [0.15, 0.2) is 6.29 Å². The van der Waals surface area contributed by atoms with Gasteiger partial charge in [0, 0.05) is 12.1 Å². The zero-order valence-electron chi connectivity index (χ0n) is 7.53. The van der Waals surface area contributed by atoms with Crippen molar-refractivity contribution in [3.8, 4) is 0 Å². The topological polar surface area (TPSA) is 20.3 Å².